The molecule has 2 rings (SSSR count). The molecule has 1 atom stereocenters. The van der Waals surface area contributed by atoms with Crippen LogP contribution >= 0.6 is 12.4 Å². The van der Waals surface area contributed by atoms with E-state index in [0.717, 1.165) is 23.3 Å². The van der Waals surface area contributed by atoms with Crippen LogP contribution in [0.25, 0.3) is 0 Å². The van der Waals surface area contributed by atoms with E-state index in [1.807, 2.05) is 0 Å². The largest absolute Gasteiger partial charge is 0.351 e. The Morgan fingerprint density at radius 1 is 1.50 bits per heavy atom. The Morgan fingerprint density at radius 2 is 2.21 bits per heavy atom. The number of nitrogens with one attached hydrogen (secondary N) is 2. The molecule has 1 aromatic rings. The van der Waals surface area contributed by atoms with E-state index in [9.17, 15) is 23.3 Å². The topological polar surface area (TPSA) is 122 Å². The van der Waals surface area contributed by atoms with Crippen molar-refractivity contribution < 1.29 is 18.1 Å². The molecule has 1 amide bonds. The maximum absolute atomic E-state index is 12.4. The van der Waals surface area contributed by atoms with Gasteiger partial charge in [-0.05, 0) is 19.0 Å². The van der Waals surface area contributed by atoms with Gasteiger partial charge in [-0.25, -0.2) is 8.42 Å². The second-order valence-corrected chi connectivity index (χ2v) is 7.32. The summed E-state index contributed by atoms with van der Waals surface area (Å²) in [5.41, 5.74) is -0.319. The van der Waals surface area contributed by atoms with E-state index in [2.05, 4.69) is 10.6 Å². The van der Waals surface area contributed by atoms with Crippen molar-refractivity contribution in [1.82, 2.24) is 14.9 Å². The highest BCUT2D eigenvalue weighted by molar-refractivity contribution is 7.89. The Bertz CT molecular complexity index is 706. The second-order valence-electron chi connectivity index (χ2n) is 5.27. The van der Waals surface area contributed by atoms with Crippen LogP contribution < -0.4 is 10.6 Å². The van der Waals surface area contributed by atoms with Crippen molar-refractivity contribution in [3.63, 3.8) is 0 Å². The Labute approximate surface area is 146 Å². The average molecular weight is 379 g/mol. The normalized spacial score (nSPS) is 17.3. The molecule has 1 aliphatic rings. The van der Waals surface area contributed by atoms with E-state index in [1.165, 1.54) is 25.2 Å². The maximum Gasteiger partial charge on any atom is 0.270 e. The molecule has 1 unspecified atom stereocenters. The van der Waals surface area contributed by atoms with Crippen molar-refractivity contribution in [2.75, 3.05) is 26.7 Å². The highest BCUT2D eigenvalue weighted by Crippen LogP contribution is 2.20. The number of benzene rings is 1. The summed E-state index contributed by atoms with van der Waals surface area (Å²) in [5.74, 6) is -0.407. The van der Waals surface area contributed by atoms with Crippen LogP contribution in [0, 0.1) is 10.1 Å². The summed E-state index contributed by atoms with van der Waals surface area (Å²) >= 11 is 0. The van der Waals surface area contributed by atoms with Crippen LogP contribution in [-0.4, -0.2) is 56.3 Å². The fourth-order valence-corrected chi connectivity index (χ4v) is 3.44. The van der Waals surface area contributed by atoms with Gasteiger partial charge in [0.15, 0.2) is 0 Å². The molecule has 1 aromatic carbocycles. The molecule has 11 heteroatoms. The van der Waals surface area contributed by atoms with Gasteiger partial charge in [-0.3, -0.25) is 14.9 Å². The van der Waals surface area contributed by atoms with Crippen molar-refractivity contribution in [2.24, 2.45) is 0 Å². The average Bonchev–Trinajstić information content (AvgIpc) is 2.99. The van der Waals surface area contributed by atoms with Gasteiger partial charge in [0, 0.05) is 31.8 Å². The summed E-state index contributed by atoms with van der Waals surface area (Å²) in [5, 5.41) is 16.6. The Kier molecular flexibility index (Phi) is 7.08. The second kappa shape index (κ2) is 8.38. The highest BCUT2D eigenvalue weighted by Gasteiger charge is 2.26. The summed E-state index contributed by atoms with van der Waals surface area (Å²) in [6.45, 7) is 1.13. The van der Waals surface area contributed by atoms with E-state index in [-0.39, 0.29) is 35.6 Å². The summed E-state index contributed by atoms with van der Waals surface area (Å²) < 4.78 is 25.7. The molecule has 1 saturated heterocycles. The van der Waals surface area contributed by atoms with Gasteiger partial charge in [0.05, 0.1) is 16.4 Å². The number of non-ortho nitro benzene ring substituents is 1. The van der Waals surface area contributed by atoms with E-state index in [0.29, 0.717) is 6.54 Å². The van der Waals surface area contributed by atoms with Gasteiger partial charge >= 0.3 is 0 Å². The predicted molar refractivity (Wildman–Crippen MR) is 89.6 cm³/mol. The Hall–Kier alpha value is -1.75. The molecule has 1 aliphatic heterocycles. The lowest BCUT2D eigenvalue weighted by Crippen LogP contribution is -2.43. The molecule has 0 spiro atoms. The van der Waals surface area contributed by atoms with E-state index in [4.69, 9.17) is 0 Å². The van der Waals surface area contributed by atoms with Crippen molar-refractivity contribution in [3.8, 4) is 0 Å². The first-order valence-electron chi connectivity index (χ1n) is 7.01. The molecule has 0 radical (unpaired) electrons. The van der Waals surface area contributed by atoms with Crippen molar-refractivity contribution in [2.45, 2.75) is 17.4 Å². The fraction of sp³-hybridized carbons (Fsp3) is 0.462. The van der Waals surface area contributed by atoms with Gasteiger partial charge in [0.2, 0.25) is 15.9 Å². The van der Waals surface area contributed by atoms with Gasteiger partial charge < -0.3 is 10.6 Å². The van der Waals surface area contributed by atoms with E-state index >= 15 is 0 Å². The molecule has 0 saturated carbocycles. The number of amides is 1. The molecular weight excluding hydrogens is 360 g/mol. The Balaban J connectivity index is 0.00000288. The molecular formula is C13H19ClN4O5S. The highest BCUT2D eigenvalue weighted by atomic mass is 35.5. The van der Waals surface area contributed by atoms with Gasteiger partial charge in [-0.15, -0.1) is 12.4 Å². The molecule has 9 nitrogen and oxygen atoms in total. The van der Waals surface area contributed by atoms with Crippen LogP contribution in [-0.2, 0) is 14.8 Å². The molecule has 134 valence electrons. The number of sulfonamides is 1. The molecule has 0 aliphatic carbocycles. The van der Waals surface area contributed by atoms with Crippen molar-refractivity contribution in [3.05, 3.63) is 34.4 Å². The minimum Gasteiger partial charge on any atom is -0.351 e. The minimum atomic E-state index is -3.97. The molecule has 0 bridgehead atoms. The number of nitro groups is 1. The lowest BCUT2D eigenvalue weighted by atomic mass is 10.2. The standard InChI is InChI=1S/C13H18N4O5S.ClH/c1-16(9-13(18)15-10-5-6-14-8-10)23(21,22)12-4-2-3-11(7-12)17(19)20;/h2-4,7,10,14H,5-6,8-9H2,1H3,(H,15,18);1H. The lowest BCUT2D eigenvalue weighted by Gasteiger charge is -2.18. The Morgan fingerprint density at radius 3 is 2.79 bits per heavy atom. The van der Waals surface area contributed by atoms with Crippen LogP contribution in [0.15, 0.2) is 29.2 Å². The first-order chi connectivity index (χ1) is 10.8. The first-order valence-corrected chi connectivity index (χ1v) is 8.45. The van der Waals surface area contributed by atoms with Crippen molar-refractivity contribution >= 4 is 34.0 Å². The van der Waals surface area contributed by atoms with Gasteiger partial charge in [-0.1, -0.05) is 6.07 Å². The number of rotatable bonds is 6. The quantitative estimate of drug-likeness (QED) is 0.535. The van der Waals surface area contributed by atoms with Gasteiger partial charge in [0.25, 0.3) is 5.69 Å². The van der Waals surface area contributed by atoms with E-state index in [1.54, 1.807) is 0 Å². The number of carbonyl (C=O) groups is 1. The summed E-state index contributed by atoms with van der Waals surface area (Å²) in [6, 6.07) is 4.74. The lowest BCUT2D eigenvalue weighted by molar-refractivity contribution is -0.385. The zero-order valence-electron chi connectivity index (χ0n) is 13.0. The molecule has 2 N–H and O–H groups in total. The third-order valence-electron chi connectivity index (χ3n) is 3.53. The van der Waals surface area contributed by atoms with Crippen LogP contribution in [0.3, 0.4) is 0 Å². The number of hydrogen-bond acceptors (Lipinski definition) is 6. The molecule has 24 heavy (non-hydrogen) atoms. The van der Waals surface area contributed by atoms with Gasteiger partial charge in [0.1, 0.15) is 0 Å². The van der Waals surface area contributed by atoms with Crippen LogP contribution in [0.4, 0.5) is 5.69 Å². The molecule has 1 fully saturated rings. The number of halogens is 1. The summed E-state index contributed by atoms with van der Waals surface area (Å²) in [4.78, 5) is 21.8. The van der Waals surface area contributed by atoms with Crippen LogP contribution in [0.1, 0.15) is 6.42 Å². The third-order valence-corrected chi connectivity index (χ3v) is 5.33. The zero-order valence-corrected chi connectivity index (χ0v) is 14.6. The zero-order chi connectivity index (χ0) is 17.0. The SMILES string of the molecule is CN(CC(=O)NC1CCNC1)S(=O)(=O)c1cccc([N+](=O)[O-])c1.Cl. The fourth-order valence-electron chi connectivity index (χ4n) is 2.28. The number of nitro benzene ring substituents is 1. The number of carbonyl (C=O) groups excluding carboxylic acids is 1. The summed E-state index contributed by atoms with van der Waals surface area (Å²) in [6.07, 6.45) is 0.799. The predicted octanol–water partition coefficient (Wildman–Crippen LogP) is 0.115. The smallest absolute Gasteiger partial charge is 0.270 e. The minimum absolute atomic E-state index is 0. The number of nitrogens with zero attached hydrogens (tertiary/aromatic N) is 2. The number of hydrogen-bond donors (Lipinski definition) is 2. The number of likely N-dealkylation sites (N-methyl/N-ethyl adjacent to an activating group) is 1. The molecule has 1 heterocycles. The molecule has 0 aromatic heterocycles. The van der Waals surface area contributed by atoms with Gasteiger partial charge in [-0.2, -0.15) is 4.31 Å². The first kappa shape index (κ1) is 20.3. The maximum atomic E-state index is 12.4. The summed E-state index contributed by atoms with van der Waals surface area (Å²) in [7, 11) is -2.71. The monoisotopic (exact) mass is 378 g/mol. The third kappa shape index (κ3) is 4.87. The van der Waals surface area contributed by atoms with Crippen LogP contribution in [0.5, 0.6) is 0 Å². The van der Waals surface area contributed by atoms with Crippen LogP contribution in [0.2, 0.25) is 0 Å². The van der Waals surface area contributed by atoms with E-state index < -0.39 is 20.9 Å². The van der Waals surface area contributed by atoms with Crippen molar-refractivity contribution in [1.29, 1.82) is 0 Å².